The molecule has 0 aromatic heterocycles. The van der Waals surface area contributed by atoms with E-state index in [2.05, 4.69) is 19.9 Å². The number of benzene rings is 2. The average Bonchev–Trinajstić information content (AvgIpc) is 2.53. The lowest BCUT2D eigenvalue weighted by molar-refractivity contribution is 0.218. The van der Waals surface area contributed by atoms with Crippen LogP contribution in [-0.2, 0) is 0 Å². The van der Waals surface area contributed by atoms with Crippen molar-refractivity contribution in [2.45, 2.75) is 26.2 Å². The lowest BCUT2D eigenvalue weighted by Crippen LogP contribution is -2.10. The van der Waals surface area contributed by atoms with Crippen molar-refractivity contribution >= 4 is 5.69 Å². The summed E-state index contributed by atoms with van der Waals surface area (Å²) >= 11 is 0. The lowest BCUT2D eigenvalue weighted by atomic mass is 9.98. The molecular weight excluding hydrogens is 262 g/mol. The second-order valence-corrected chi connectivity index (χ2v) is 5.12. The van der Waals surface area contributed by atoms with E-state index in [0.717, 1.165) is 17.9 Å². The molecular formula is C18H23NO2. The lowest BCUT2D eigenvalue weighted by Gasteiger charge is -2.13. The van der Waals surface area contributed by atoms with Crippen molar-refractivity contribution < 1.29 is 9.47 Å². The van der Waals surface area contributed by atoms with Crippen LogP contribution in [0.4, 0.5) is 5.69 Å². The quantitative estimate of drug-likeness (QED) is 0.611. The summed E-state index contributed by atoms with van der Waals surface area (Å²) in [5, 5.41) is 0. The zero-order valence-corrected chi connectivity index (χ0v) is 12.7. The molecule has 2 N–H and O–H groups in total. The molecule has 0 amide bonds. The molecule has 0 aliphatic rings. The first-order valence-corrected chi connectivity index (χ1v) is 7.40. The van der Waals surface area contributed by atoms with Crippen LogP contribution in [0.3, 0.4) is 0 Å². The van der Waals surface area contributed by atoms with Gasteiger partial charge in [0.05, 0.1) is 5.69 Å². The Morgan fingerprint density at radius 3 is 2.38 bits per heavy atom. The van der Waals surface area contributed by atoms with Crippen LogP contribution >= 0.6 is 0 Å². The third kappa shape index (κ3) is 4.42. The minimum atomic E-state index is 0.474. The van der Waals surface area contributed by atoms with E-state index in [1.54, 1.807) is 0 Å². The molecule has 0 fully saturated rings. The highest BCUT2D eigenvalue weighted by Gasteiger charge is 2.07. The Balaban J connectivity index is 1.83. The van der Waals surface area contributed by atoms with Crippen molar-refractivity contribution in [2.75, 3.05) is 18.9 Å². The molecule has 1 atom stereocenters. The number of nitrogens with two attached hydrogens (primary N) is 1. The minimum Gasteiger partial charge on any atom is -0.490 e. The van der Waals surface area contributed by atoms with Crippen LogP contribution in [0.5, 0.6) is 11.5 Å². The van der Waals surface area contributed by atoms with Gasteiger partial charge in [0, 0.05) is 0 Å². The van der Waals surface area contributed by atoms with Crippen LogP contribution in [0.25, 0.3) is 0 Å². The summed E-state index contributed by atoms with van der Waals surface area (Å²) < 4.78 is 11.3. The second kappa shape index (κ2) is 7.58. The maximum absolute atomic E-state index is 6.04. The summed E-state index contributed by atoms with van der Waals surface area (Å²) in [5.74, 6) is 2.09. The number of rotatable bonds is 7. The Hall–Kier alpha value is -2.16. The Bertz CT molecular complexity index is 554. The number of ether oxygens (including phenoxy) is 2. The van der Waals surface area contributed by atoms with Crippen molar-refractivity contribution in [2.24, 2.45) is 0 Å². The van der Waals surface area contributed by atoms with Gasteiger partial charge in [-0.2, -0.15) is 0 Å². The molecule has 0 bridgehead atoms. The van der Waals surface area contributed by atoms with Crippen molar-refractivity contribution in [1.82, 2.24) is 0 Å². The summed E-state index contributed by atoms with van der Waals surface area (Å²) in [6.07, 6.45) is 1.10. The SMILES string of the molecule is CCC(C)c1ccc(OCCOc2ccccc2)c(N)c1. The first-order valence-electron chi connectivity index (χ1n) is 7.40. The Morgan fingerprint density at radius 1 is 1.00 bits per heavy atom. The highest BCUT2D eigenvalue weighted by molar-refractivity contribution is 5.54. The Labute approximate surface area is 126 Å². The zero-order valence-electron chi connectivity index (χ0n) is 12.7. The maximum atomic E-state index is 6.04. The van der Waals surface area contributed by atoms with Gasteiger partial charge in [-0.3, -0.25) is 0 Å². The minimum absolute atomic E-state index is 0.474. The van der Waals surface area contributed by atoms with Crippen molar-refractivity contribution in [1.29, 1.82) is 0 Å². The summed E-state index contributed by atoms with van der Waals surface area (Å²) in [6.45, 7) is 5.34. The number of para-hydroxylation sites is 1. The standard InChI is InChI=1S/C18H23NO2/c1-3-14(2)15-9-10-18(17(19)13-15)21-12-11-20-16-7-5-4-6-8-16/h4-10,13-14H,3,11-12,19H2,1-2H3. The van der Waals surface area contributed by atoms with E-state index in [4.69, 9.17) is 15.2 Å². The first-order chi connectivity index (χ1) is 10.2. The molecule has 112 valence electrons. The van der Waals surface area contributed by atoms with Gasteiger partial charge in [-0.05, 0) is 42.2 Å². The average molecular weight is 285 g/mol. The Morgan fingerprint density at radius 2 is 1.71 bits per heavy atom. The van der Waals surface area contributed by atoms with Gasteiger partial charge < -0.3 is 15.2 Å². The third-order valence-electron chi connectivity index (χ3n) is 3.57. The third-order valence-corrected chi connectivity index (χ3v) is 3.57. The van der Waals surface area contributed by atoms with E-state index in [-0.39, 0.29) is 0 Å². The van der Waals surface area contributed by atoms with E-state index < -0.39 is 0 Å². The van der Waals surface area contributed by atoms with Gasteiger partial charge in [0.1, 0.15) is 24.7 Å². The fourth-order valence-electron chi connectivity index (χ4n) is 2.07. The summed E-state index contributed by atoms with van der Waals surface area (Å²) in [5.41, 5.74) is 7.98. The molecule has 0 radical (unpaired) electrons. The van der Waals surface area contributed by atoms with Gasteiger partial charge in [0.15, 0.2) is 0 Å². The fraction of sp³-hybridized carbons (Fsp3) is 0.333. The van der Waals surface area contributed by atoms with Crippen LogP contribution in [0.2, 0.25) is 0 Å². The topological polar surface area (TPSA) is 44.5 Å². The van der Waals surface area contributed by atoms with Gasteiger partial charge in [0.2, 0.25) is 0 Å². The van der Waals surface area contributed by atoms with Crippen LogP contribution < -0.4 is 15.2 Å². The van der Waals surface area contributed by atoms with Crippen LogP contribution in [0.15, 0.2) is 48.5 Å². The maximum Gasteiger partial charge on any atom is 0.142 e. The second-order valence-electron chi connectivity index (χ2n) is 5.12. The molecule has 0 spiro atoms. The molecule has 2 rings (SSSR count). The number of hydrogen-bond donors (Lipinski definition) is 1. The molecule has 0 heterocycles. The smallest absolute Gasteiger partial charge is 0.142 e. The molecule has 0 aliphatic heterocycles. The van der Waals surface area contributed by atoms with E-state index in [1.165, 1.54) is 5.56 Å². The van der Waals surface area contributed by atoms with E-state index in [1.807, 2.05) is 42.5 Å². The monoisotopic (exact) mass is 285 g/mol. The molecule has 21 heavy (non-hydrogen) atoms. The molecule has 3 nitrogen and oxygen atoms in total. The predicted octanol–water partition coefficient (Wildman–Crippen LogP) is 4.24. The van der Waals surface area contributed by atoms with E-state index >= 15 is 0 Å². The highest BCUT2D eigenvalue weighted by Crippen LogP contribution is 2.27. The Kier molecular flexibility index (Phi) is 5.50. The molecule has 0 saturated heterocycles. The van der Waals surface area contributed by atoms with E-state index in [9.17, 15) is 0 Å². The van der Waals surface area contributed by atoms with Crippen molar-refractivity contribution in [3.63, 3.8) is 0 Å². The molecule has 2 aromatic carbocycles. The predicted molar refractivity (Wildman–Crippen MR) is 87.0 cm³/mol. The molecule has 0 saturated carbocycles. The largest absolute Gasteiger partial charge is 0.490 e. The van der Waals surface area contributed by atoms with Gasteiger partial charge in [-0.15, -0.1) is 0 Å². The molecule has 2 aromatic rings. The van der Waals surface area contributed by atoms with Gasteiger partial charge >= 0.3 is 0 Å². The molecule has 3 heteroatoms. The summed E-state index contributed by atoms with van der Waals surface area (Å²) in [4.78, 5) is 0. The van der Waals surface area contributed by atoms with Crippen molar-refractivity contribution in [3.8, 4) is 11.5 Å². The first kappa shape index (κ1) is 15.2. The zero-order chi connectivity index (χ0) is 15.1. The number of nitrogen functional groups attached to an aromatic ring is 1. The molecule has 0 aliphatic carbocycles. The normalized spacial score (nSPS) is 11.9. The summed E-state index contributed by atoms with van der Waals surface area (Å²) in [6, 6.07) is 15.7. The van der Waals surface area contributed by atoms with Crippen LogP contribution in [0, 0.1) is 0 Å². The molecule has 1 unspecified atom stereocenters. The fourth-order valence-corrected chi connectivity index (χ4v) is 2.07. The number of hydrogen-bond acceptors (Lipinski definition) is 3. The van der Waals surface area contributed by atoms with Gasteiger partial charge in [0.25, 0.3) is 0 Å². The highest BCUT2D eigenvalue weighted by atomic mass is 16.5. The summed E-state index contributed by atoms with van der Waals surface area (Å²) in [7, 11) is 0. The van der Waals surface area contributed by atoms with Gasteiger partial charge in [-0.25, -0.2) is 0 Å². The number of anilines is 1. The van der Waals surface area contributed by atoms with Crippen LogP contribution in [0.1, 0.15) is 31.7 Å². The van der Waals surface area contributed by atoms with Crippen LogP contribution in [-0.4, -0.2) is 13.2 Å². The van der Waals surface area contributed by atoms with E-state index in [0.29, 0.717) is 24.8 Å². The van der Waals surface area contributed by atoms with Crippen molar-refractivity contribution in [3.05, 3.63) is 54.1 Å². The van der Waals surface area contributed by atoms with Gasteiger partial charge in [-0.1, -0.05) is 38.1 Å².